The van der Waals surface area contributed by atoms with Gasteiger partial charge in [0.15, 0.2) is 4.34 Å². The van der Waals surface area contributed by atoms with Crippen LogP contribution in [0.3, 0.4) is 0 Å². The van der Waals surface area contributed by atoms with Gasteiger partial charge < -0.3 is 9.80 Å². The fourth-order valence-electron chi connectivity index (χ4n) is 4.70. The number of piperidine rings is 2. The molecule has 0 radical (unpaired) electrons. The van der Waals surface area contributed by atoms with Crippen LogP contribution in [-0.4, -0.2) is 52.3 Å². The van der Waals surface area contributed by atoms with E-state index in [0.29, 0.717) is 15.2 Å². The molecule has 4 aromatic rings. The first-order chi connectivity index (χ1) is 18.6. The molecule has 38 heavy (non-hydrogen) atoms. The van der Waals surface area contributed by atoms with E-state index in [1.807, 2.05) is 24.3 Å². The third-order valence-corrected chi connectivity index (χ3v) is 9.22. The molecule has 2 fully saturated rings. The minimum atomic E-state index is 0.573. The topological polar surface area (TPSA) is 70.4 Å². The van der Waals surface area contributed by atoms with E-state index in [1.54, 1.807) is 29.7 Å². The number of aromatic nitrogens is 4. The Bertz CT molecular complexity index is 1430. The Morgan fingerprint density at radius 2 is 1.47 bits per heavy atom. The van der Waals surface area contributed by atoms with Crippen LogP contribution in [0.4, 0.5) is 17.6 Å². The summed E-state index contributed by atoms with van der Waals surface area (Å²) < 4.78 is 1.97. The van der Waals surface area contributed by atoms with Gasteiger partial charge in [-0.25, -0.2) is 4.98 Å². The van der Waals surface area contributed by atoms with Gasteiger partial charge in [0.05, 0.1) is 20.9 Å². The van der Waals surface area contributed by atoms with Crippen molar-refractivity contribution in [1.29, 1.82) is 0 Å². The standard InChI is InChI=1S/C27H27Cl2N7S2/c28-19-8-7-18(21(29)15-19)17-30-20-9-10-22-23(16-20)37-27(31-22)38-26-33-24(35-11-3-1-4-12-35)32-25(34-26)36-13-5-2-6-14-36/h7-10,15-17H,1-6,11-14H2. The van der Waals surface area contributed by atoms with E-state index in [9.17, 15) is 0 Å². The predicted molar refractivity (Wildman–Crippen MR) is 159 cm³/mol. The first-order valence-electron chi connectivity index (χ1n) is 12.9. The maximum atomic E-state index is 6.28. The quantitative estimate of drug-likeness (QED) is 0.215. The van der Waals surface area contributed by atoms with E-state index >= 15 is 0 Å². The number of fused-ring (bicyclic) bond motifs is 1. The largest absolute Gasteiger partial charge is 0.341 e. The van der Waals surface area contributed by atoms with Crippen molar-refractivity contribution in [2.45, 2.75) is 48.0 Å². The second-order valence-corrected chi connectivity index (χ2v) is 12.6. The summed E-state index contributed by atoms with van der Waals surface area (Å²) in [5.41, 5.74) is 2.59. The first kappa shape index (κ1) is 25.8. The van der Waals surface area contributed by atoms with Gasteiger partial charge in [-0.2, -0.15) is 15.0 Å². The summed E-state index contributed by atoms with van der Waals surface area (Å²) in [5.74, 6) is 1.59. The minimum Gasteiger partial charge on any atom is -0.341 e. The van der Waals surface area contributed by atoms with Gasteiger partial charge >= 0.3 is 0 Å². The van der Waals surface area contributed by atoms with Gasteiger partial charge in [0.25, 0.3) is 0 Å². The molecule has 2 aromatic heterocycles. The average Bonchev–Trinajstić information content (AvgIpc) is 3.35. The molecule has 7 nitrogen and oxygen atoms in total. The zero-order valence-electron chi connectivity index (χ0n) is 20.8. The van der Waals surface area contributed by atoms with Crippen LogP contribution in [-0.2, 0) is 0 Å². The molecule has 0 spiro atoms. The maximum Gasteiger partial charge on any atom is 0.231 e. The average molecular weight is 585 g/mol. The fourth-order valence-corrected chi connectivity index (χ4v) is 7.10. The van der Waals surface area contributed by atoms with E-state index in [4.69, 9.17) is 43.1 Å². The lowest BCUT2D eigenvalue weighted by Crippen LogP contribution is -2.34. The van der Waals surface area contributed by atoms with Crippen LogP contribution < -0.4 is 9.80 Å². The molecule has 4 heterocycles. The Morgan fingerprint density at radius 1 is 0.789 bits per heavy atom. The van der Waals surface area contributed by atoms with E-state index in [0.717, 1.165) is 63.9 Å². The Morgan fingerprint density at radius 3 is 2.13 bits per heavy atom. The molecule has 0 bridgehead atoms. The molecule has 2 aliphatic rings. The molecular weight excluding hydrogens is 557 g/mol. The van der Waals surface area contributed by atoms with Gasteiger partial charge in [-0.3, -0.25) is 4.99 Å². The summed E-state index contributed by atoms with van der Waals surface area (Å²) in [6.07, 6.45) is 9.02. The molecular formula is C27H27Cl2N7S2. The number of nitrogens with zero attached hydrogens (tertiary/aromatic N) is 7. The van der Waals surface area contributed by atoms with E-state index in [-0.39, 0.29) is 0 Å². The molecule has 0 aliphatic carbocycles. The van der Waals surface area contributed by atoms with Crippen molar-refractivity contribution in [2.24, 2.45) is 4.99 Å². The number of anilines is 2. The molecule has 0 unspecified atom stereocenters. The molecule has 11 heteroatoms. The van der Waals surface area contributed by atoms with Crippen molar-refractivity contribution in [2.75, 3.05) is 36.0 Å². The smallest absolute Gasteiger partial charge is 0.231 e. The highest BCUT2D eigenvalue weighted by atomic mass is 35.5. The summed E-state index contributed by atoms with van der Waals surface area (Å²) in [7, 11) is 0. The summed E-state index contributed by atoms with van der Waals surface area (Å²) >= 11 is 15.4. The summed E-state index contributed by atoms with van der Waals surface area (Å²) in [6, 6.07) is 11.4. The van der Waals surface area contributed by atoms with Gasteiger partial charge in [0, 0.05) is 43.0 Å². The lowest BCUT2D eigenvalue weighted by molar-refractivity contribution is 0.551. The van der Waals surface area contributed by atoms with Gasteiger partial charge in [-0.05, 0) is 80.6 Å². The maximum absolute atomic E-state index is 6.28. The van der Waals surface area contributed by atoms with E-state index < -0.39 is 0 Å². The van der Waals surface area contributed by atoms with Gasteiger partial charge in [-0.15, -0.1) is 11.3 Å². The van der Waals surface area contributed by atoms with Crippen molar-refractivity contribution in [3.05, 3.63) is 52.0 Å². The van der Waals surface area contributed by atoms with Gasteiger partial charge in [0.2, 0.25) is 17.1 Å². The van der Waals surface area contributed by atoms with Crippen molar-refractivity contribution in [3.8, 4) is 0 Å². The minimum absolute atomic E-state index is 0.573. The third kappa shape index (κ3) is 6.06. The number of thiazole rings is 1. The lowest BCUT2D eigenvalue weighted by atomic mass is 10.1. The predicted octanol–water partition coefficient (Wildman–Crippen LogP) is 7.67. The highest BCUT2D eigenvalue weighted by Gasteiger charge is 2.21. The molecule has 6 rings (SSSR count). The Labute approximate surface area is 240 Å². The molecule has 2 saturated heterocycles. The van der Waals surface area contributed by atoms with E-state index in [1.165, 1.54) is 50.3 Å². The number of hydrogen-bond donors (Lipinski definition) is 0. The van der Waals surface area contributed by atoms with Crippen LogP contribution in [0, 0.1) is 0 Å². The SMILES string of the molecule is Clc1ccc(C=Nc2ccc3nc(Sc4nc(N5CCCCC5)nc(N5CCCCC5)n4)sc3c2)c(Cl)c1. The Balaban J connectivity index is 1.25. The van der Waals surface area contributed by atoms with Crippen LogP contribution in [0.1, 0.15) is 44.1 Å². The summed E-state index contributed by atoms with van der Waals surface area (Å²) in [5, 5.41) is 1.88. The molecule has 0 amide bonds. The Kier molecular flexibility index (Phi) is 7.97. The molecule has 0 N–H and O–H groups in total. The van der Waals surface area contributed by atoms with Crippen LogP contribution in [0.2, 0.25) is 10.0 Å². The number of hydrogen-bond acceptors (Lipinski definition) is 9. The normalized spacial score (nSPS) is 16.6. The van der Waals surface area contributed by atoms with Crippen LogP contribution in [0.5, 0.6) is 0 Å². The van der Waals surface area contributed by atoms with Crippen LogP contribution in [0.15, 0.2) is 50.9 Å². The van der Waals surface area contributed by atoms with Gasteiger partial charge in [0.1, 0.15) is 0 Å². The first-order valence-corrected chi connectivity index (χ1v) is 15.3. The second kappa shape index (κ2) is 11.7. The number of aliphatic imine (C=N–C) groups is 1. The molecule has 196 valence electrons. The van der Waals surface area contributed by atoms with Crippen molar-refractivity contribution < 1.29 is 0 Å². The number of halogens is 2. The zero-order valence-corrected chi connectivity index (χ0v) is 24.0. The van der Waals surface area contributed by atoms with Crippen LogP contribution >= 0.6 is 46.3 Å². The highest BCUT2D eigenvalue weighted by Crippen LogP contribution is 2.36. The molecule has 2 aliphatic heterocycles. The number of benzene rings is 2. The third-order valence-electron chi connectivity index (χ3n) is 6.72. The molecule has 2 aromatic carbocycles. The van der Waals surface area contributed by atoms with E-state index in [2.05, 4.69) is 14.8 Å². The monoisotopic (exact) mass is 583 g/mol. The Hall–Kier alpha value is -2.46. The zero-order chi connectivity index (χ0) is 25.9. The molecule has 0 atom stereocenters. The fraction of sp³-hybridized carbons (Fsp3) is 0.370. The van der Waals surface area contributed by atoms with Gasteiger partial charge in [-0.1, -0.05) is 29.3 Å². The number of rotatable bonds is 6. The second-order valence-electron chi connectivity index (χ2n) is 9.47. The van der Waals surface area contributed by atoms with Crippen molar-refractivity contribution >= 4 is 80.3 Å². The van der Waals surface area contributed by atoms with Crippen molar-refractivity contribution in [1.82, 2.24) is 19.9 Å². The van der Waals surface area contributed by atoms with Crippen molar-refractivity contribution in [3.63, 3.8) is 0 Å². The lowest BCUT2D eigenvalue weighted by Gasteiger charge is -2.30. The highest BCUT2D eigenvalue weighted by molar-refractivity contribution is 8.01. The summed E-state index contributed by atoms with van der Waals surface area (Å²) in [6.45, 7) is 4.00. The van der Waals surface area contributed by atoms with Crippen LogP contribution in [0.25, 0.3) is 10.2 Å². The molecule has 0 saturated carbocycles. The summed E-state index contributed by atoms with van der Waals surface area (Å²) in [4.78, 5) is 28.7.